The van der Waals surface area contributed by atoms with Gasteiger partial charge in [0.2, 0.25) is 0 Å². The van der Waals surface area contributed by atoms with Crippen molar-refractivity contribution in [1.82, 2.24) is 5.32 Å². The second kappa shape index (κ2) is 3.80. The SMILES string of the molecule is Clc1cccc([C@@H]2C[C@H]3CNC[C@H]2C3)c1. The van der Waals surface area contributed by atoms with E-state index in [2.05, 4.69) is 23.5 Å². The van der Waals surface area contributed by atoms with Gasteiger partial charge in [0.25, 0.3) is 0 Å². The Balaban J connectivity index is 1.88. The van der Waals surface area contributed by atoms with Crippen LogP contribution in [0.2, 0.25) is 5.02 Å². The molecule has 1 aliphatic carbocycles. The molecule has 0 amide bonds. The van der Waals surface area contributed by atoms with E-state index < -0.39 is 0 Å². The van der Waals surface area contributed by atoms with E-state index in [1.54, 1.807) is 0 Å². The molecule has 1 saturated carbocycles. The van der Waals surface area contributed by atoms with Gasteiger partial charge >= 0.3 is 0 Å². The molecule has 1 aromatic rings. The highest BCUT2D eigenvalue weighted by atomic mass is 35.5. The lowest BCUT2D eigenvalue weighted by molar-refractivity contribution is 0.370. The zero-order chi connectivity index (χ0) is 10.3. The third-order valence-corrected chi connectivity index (χ3v) is 4.14. The number of hydrogen-bond donors (Lipinski definition) is 1. The van der Waals surface area contributed by atoms with Crippen molar-refractivity contribution in [2.24, 2.45) is 11.8 Å². The maximum atomic E-state index is 6.05. The van der Waals surface area contributed by atoms with E-state index in [9.17, 15) is 0 Å². The summed E-state index contributed by atoms with van der Waals surface area (Å²) < 4.78 is 0. The molecule has 0 radical (unpaired) electrons. The number of fused-ring (bicyclic) bond motifs is 2. The molecule has 0 aromatic heterocycles. The van der Waals surface area contributed by atoms with Gasteiger partial charge in [-0.15, -0.1) is 0 Å². The Morgan fingerprint density at radius 3 is 2.93 bits per heavy atom. The van der Waals surface area contributed by atoms with Gasteiger partial charge in [-0.3, -0.25) is 0 Å². The number of benzene rings is 1. The molecule has 1 aromatic carbocycles. The minimum Gasteiger partial charge on any atom is -0.316 e. The van der Waals surface area contributed by atoms with Crippen LogP contribution in [-0.4, -0.2) is 13.1 Å². The molecule has 2 heteroatoms. The van der Waals surface area contributed by atoms with E-state index in [0.29, 0.717) is 0 Å². The summed E-state index contributed by atoms with van der Waals surface area (Å²) in [6, 6.07) is 8.42. The van der Waals surface area contributed by atoms with Gasteiger partial charge in [0.15, 0.2) is 0 Å². The van der Waals surface area contributed by atoms with Crippen LogP contribution in [-0.2, 0) is 0 Å². The Hall–Kier alpha value is -0.530. The van der Waals surface area contributed by atoms with Gasteiger partial charge in [-0.2, -0.15) is 0 Å². The van der Waals surface area contributed by atoms with Crippen LogP contribution in [0.4, 0.5) is 0 Å². The number of halogens is 1. The number of hydrogen-bond acceptors (Lipinski definition) is 1. The quantitative estimate of drug-likeness (QED) is 0.769. The van der Waals surface area contributed by atoms with E-state index in [-0.39, 0.29) is 0 Å². The van der Waals surface area contributed by atoms with Gasteiger partial charge in [-0.1, -0.05) is 23.7 Å². The third-order valence-electron chi connectivity index (χ3n) is 3.91. The Morgan fingerprint density at radius 2 is 2.13 bits per heavy atom. The first-order valence-electron chi connectivity index (χ1n) is 5.79. The Labute approximate surface area is 95.8 Å². The van der Waals surface area contributed by atoms with Crippen molar-refractivity contribution in [3.8, 4) is 0 Å². The van der Waals surface area contributed by atoms with Crippen molar-refractivity contribution in [2.75, 3.05) is 13.1 Å². The van der Waals surface area contributed by atoms with E-state index >= 15 is 0 Å². The largest absolute Gasteiger partial charge is 0.316 e. The molecule has 2 aliphatic rings. The molecule has 2 bridgehead atoms. The molecule has 0 spiro atoms. The molecule has 2 fully saturated rings. The number of rotatable bonds is 1. The van der Waals surface area contributed by atoms with Crippen LogP contribution in [0.3, 0.4) is 0 Å². The lowest BCUT2D eigenvalue weighted by Crippen LogP contribution is -2.31. The Kier molecular flexibility index (Phi) is 2.45. The molecule has 1 heterocycles. The summed E-state index contributed by atoms with van der Waals surface area (Å²) >= 11 is 6.05. The van der Waals surface area contributed by atoms with E-state index in [1.165, 1.54) is 31.5 Å². The lowest BCUT2D eigenvalue weighted by Gasteiger charge is -2.22. The van der Waals surface area contributed by atoms with Crippen molar-refractivity contribution in [3.63, 3.8) is 0 Å². The third kappa shape index (κ3) is 1.79. The summed E-state index contributed by atoms with van der Waals surface area (Å²) in [7, 11) is 0. The highest BCUT2D eigenvalue weighted by molar-refractivity contribution is 6.30. The highest BCUT2D eigenvalue weighted by Crippen LogP contribution is 2.44. The zero-order valence-electron chi connectivity index (χ0n) is 8.75. The summed E-state index contributed by atoms with van der Waals surface area (Å²) in [6.07, 6.45) is 2.75. The van der Waals surface area contributed by atoms with Crippen molar-refractivity contribution < 1.29 is 0 Å². The van der Waals surface area contributed by atoms with Gasteiger partial charge in [0.1, 0.15) is 0 Å². The van der Waals surface area contributed by atoms with Crippen molar-refractivity contribution in [3.05, 3.63) is 34.9 Å². The monoisotopic (exact) mass is 221 g/mol. The number of nitrogens with one attached hydrogen (secondary N) is 1. The smallest absolute Gasteiger partial charge is 0.0408 e. The normalized spacial score (nSPS) is 34.3. The molecule has 1 saturated heterocycles. The van der Waals surface area contributed by atoms with Gasteiger partial charge in [0.05, 0.1) is 0 Å². The van der Waals surface area contributed by atoms with Gasteiger partial charge in [-0.25, -0.2) is 0 Å². The summed E-state index contributed by atoms with van der Waals surface area (Å²) in [5, 5.41) is 4.40. The second-order valence-electron chi connectivity index (χ2n) is 4.92. The Morgan fingerprint density at radius 1 is 1.20 bits per heavy atom. The molecule has 1 nitrogen and oxygen atoms in total. The zero-order valence-corrected chi connectivity index (χ0v) is 9.50. The van der Waals surface area contributed by atoms with Gasteiger partial charge in [0, 0.05) is 5.02 Å². The molecule has 80 valence electrons. The molecule has 3 atom stereocenters. The van der Waals surface area contributed by atoms with Crippen LogP contribution in [0.5, 0.6) is 0 Å². The van der Waals surface area contributed by atoms with Crippen LogP contribution in [0.1, 0.15) is 24.3 Å². The fourth-order valence-corrected chi connectivity index (χ4v) is 3.45. The van der Waals surface area contributed by atoms with E-state index in [1.807, 2.05) is 6.07 Å². The summed E-state index contributed by atoms with van der Waals surface area (Å²) in [6.45, 7) is 2.40. The molecule has 1 N–H and O–H groups in total. The van der Waals surface area contributed by atoms with E-state index in [4.69, 9.17) is 11.6 Å². The minimum absolute atomic E-state index is 0.740. The first kappa shape index (κ1) is 9.68. The second-order valence-corrected chi connectivity index (χ2v) is 5.35. The van der Waals surface area contributed by atoms with Crippen molar-refractivity contribution in [1.29, 1.82) is 0 Å². The summed E-state index contributed by atoms with van der Waals surface area (Å²) in [5.74, 6) is 2.47. The average molecular weight is 222 g/mol. The van der Waals surface area contributed by atoms with Crippen LogP contribution < -0.4 is 5.32 Å². The fraction of sp³-hybridized carbons (Fsp3) is 0.538. The van der Waals surface area contributed by atoms with Crippen LogP contribution in [0, 0.1) is 11.8 Å². The maximum Gasteiger partial charge on any atom is 0.0408 e. The topological polar surface area (TPSA) is 12.0 Å². The molecule has 3 rings (SSSR count). The van der Waals surface area contributed by atoms with Crippen molar-refractivity contribution >= 4 is 11.6 Å². The summed E-state index contributed by atoms with van der Waals surface area (Å²) in [4.78, 5) is 0. The first-order valence-corrected chi connectivity index (χ1v) is 6.17. The highest BCUT2D eigenvalue weighted by Gasteiger charge is 2.37. The Bertz CT molecular complexity index is 363. The van der Waals surface area contributed by atoms with Crippen LogP contribution in [0.15, 0.2) is 24.3 Å². The molecular formula is C13H16ClN. The predicted molar refractivity (Wildman–Crippen MR) is 63.3 cm³/mol. The van der Waals surface area contributed by atoms with Crippen molar-refractivity contribution in [2.45, 2.75) is 18.8 Å². The first-order chi connectivity index (χ1) is 7.33. The number of piperidine rings is 1. The van der Waals surface area contributed by atoms with Gasteiger partial charge in [-0.05, 0) is 61.4 Å². The van der Waals surface area contributed by atoms with Crippen LogP contribution in [0.25, 0.3) is 0 Å². The summed E-state index contributed by atoms with van der Waals surface area (Å²) in [5.41, 5.74) is 1.44. The maximum absolute atomic E-state index is 6.05. The van der Waals surface area contributed by atoms with E-state index in [0.717, 1.165) is 22.8 Å². The average Bonchev–Trinajstić information content (AvgIpc) is 2.54. The predicted octanol–water partition coefficient (Wildman–Crippen LogP) is 3.05. The standard InChI is InChI=1S/C13H16ClN/c14-12-3-1-2-10(6-12)13-5-9-4-11(13)8-15-7-9/h1-3,6,9,11,13,15H,4-5,7-8H2/t9-,11+,13-/m0/s1. The van der Waals surface area contributed by atoms with Crippen LogP contribution >= 0.6 is 11.6 Å². The molecule has 0 unspecified atom stereocenters. The minimum atomic E-state index is 0.740. The fourth-order valence-electron chi connectivity index (χ4n) is 3.25. The molecule has 1 aliphatic heterocycles. The molecule has 15 heavy (non-hydrogen) atoms. The lowest BCUT2D eigenvalue weighted by atomic mass is 9.89. The van der Waals surface area contributed by atoms with Gasteiger partial charge < -0.3 is 5.32 Å². The molecular weight excluding hydrogens is 206 g/mol.